The van der Waals surface area contributed by atoms with Crippen LogP contribution in [-0.2, 0) is 20.8 Å². The summed E-state index contributed by atoms with van der Waals surface area (Å²) in [6.45, 7) is 2.05. The Hall–Kier alpha value is -3.81. The number of Topliss-reactive ketones (excluding diaryl/α,β-unsaturated/α-hetero) is 2. The van der Waals surface area contributed by atoms with Crippen LogP contribution in [0.5, 0.6) is 5.75 Å². The lowest BCUT2D eigenvalue weighted by atomic mass is 9.57. The van der Waals surface area contributed by atoms with Crippen molar-refractivity contribution < 1.29 is 34.8 Å². The fourth-order valence-corrected chi connectivity index (χ4v) is 6.21. The summed E-state index contributed by atoms with van der Waals surface area (Å²) in [5, 5.41) is 45.4. The molecule has 0 bridgehead atoms. The Balaban J connectivity index is 1.96. The quantitative estimate of drug-likeness (QED) is 0.213. The fourth-order valence-electron chi connectivity index (χ4n) is 6.21. The Morgan fingerprint density at radius 2 is 1.85 bits per heavy atom. The molecule has 0 saturated heterocycles. The predicted octanol–water partition coefficient (Wildman–Crippen LogP) is 1.57. The van der Waals surface area contributed by atoms with Gasteiger partial charge in [0.2, 0.25) is 5.78 Å². The number of likely N-dealkylation sites (N-methyl/N-ethyl adjacent to an activating group) is 1. The van der Waals surface area contributed by atoms with Crippen LogP contribution in [-0.4, -0.2) is 82.6 Å². The number of anilines is 1. The van der Waals surface area contributed by atoms with Gasteiger partial charge >= 0.3 is 0 Å². The Bertz CT molecular complexity index is 1400. The summed E-state index contributed by atoms with van der Waals surface area (Å²) in [4.78, 5) is 42.6. The molecule has 0 aromatic heterocycles. The molecule has 3 aliphatic rings. The van der Waals surface area contributed by atoms with E-state index in [1.54, 1.807) is 20.2 Å². The molecule has 208 valence electrons. The van der Waals surface area contributed by atoms with Crippen LogP contribution in [0.2, 0.25) is 0 Å². The van der Waals surface area contributed by atoms with Crippen LogP contribution in [0.3, 0.4) is 0 Å². The number of aromatic hydroxyl groups is 1. The number of rotatable bonds is 5. The molecule has 1 aromatic rings. The molecule has 0 unspecified atom stereocenters. The molecule has 1 fully saturated rings. The number of unbranched alkanes of at least 4 members (excludes halogenated alkanes) is 2. The highest BCUT2D eigenvalue weighted by molar-refractivity contribution is 6.24. The van der Waals surface area contributed by atoms with Crippen LogP contribution in [0.1, 0.15) is 49.3 Å². The standard InChI is InChI=1S/C29H35N3O7/c1-6-7-8-9-10-14-13-18(31(2)3)16-11-15-12-17-22(32(4)5)25(35)21(28(30)38)27(37)29(17,39)26(36)19(15)24(34)20(16)23(14)33/h13,15,17,22,33-34,37,39H,6-8,11-12H2,1-5H3,(H2,30,38)/t15-,17+,22+,29+/m1/s1. The number of ketones is 2. The van der Waals surface area contributed by atoms with Gasteiger partial charge in [0, 0.05) is 37.7 Å². The van der Waals surface area contributed by atoms with E-state index in [1.807, 2.05) is 25.9 Å². The number of carbonyl (C=O) groups excluding carboxylic acids is 3. The van der Waals surface area contributed by atoms with E-state index < -0.39 is 58.0 Å². The van der Waals surface area contributed by atoms with E-state index in [2.05, 4.69) is 11.8 Å². The van der Waals surface area contributed by atoms with Crippen molar-refractivity contribution in [1.82, 2.24) is 4.90 Å². The molecule has 1 amide bonds. The molecule has 1 aromatic carbocycles. The molecule has 1 saturated carbocycles. The number of nitrogens with two attached hydrogens (primary N) is 1. The number of aliphatic hydroxyl groups is 3. The second kappa shape index (κ2) is 10.1. The zero-order valence-electron chi connectivity index (χ0n) is 22.8. The second-order valence-corrected chi connectivity index (χ2v) is 10.9. The number of fused-ring (bicyclic) bond motifs is 3. The van der Waals surface area contributed by atoms with Crippen LogP contribution in [0.4, 0.5) is 5.69 Å². The third-order valence-corrected chi connectivity index (χ3v) is 8.06. The van der Waals surface area contributed by atoms with Gasteiger partial charge < -0.3 is 31.1 Å². The Morgan fingerprint density at radius 1 is 1.18 bits per heavy atom. The van der Waals surface area contributed by atoms with Crippen LogP contribution < -0.4 is 10.6 Å². The van der Waals surface area contributed by atoms with E-state index in [0.29, 0.717) is 17.7 Å². The maximum absolute atomic E-state index is 14.0. The van der Waals surface area contributed by atoms with Gasteiger partial charge in [0.25, 0.3) is 5.91 Å². The number of hydrogen-bond acceptors (Lipinski definition) is 9. The number of nitrogens with zero attached hydrogens (tertiary/aromatic N) is 2. The summed E-state index contributed by atoms with van der Waals surface area (Å²) in [7, 11) is 6.77. The van der Waals surface area contributed by atoms with E-state index in [-0.39, 0.29) is 35.3 Å². The number of primary amides is 1. The molecule has 10 heteroatoms. The van der Waals surface area contributed by atoms with E-state index in [1.165, 1.54) is 4.90 Å². The van der Waals surface area contributed by atoms with Crippen LogP contribution in [0, 0.1) is 23.7 Å². The van der Waals surface area contributed by atoms with Crippen LogP contribution in [0.25, 0.3) is 5.76 Å². The first kappa shape index (κ1) is 28.2. The van der Waals surface area contributed by atoms with Gasteiger partial charge in [-0.1, -0.05) is 25.2 Å². The maximum Gasteiger partial charge on any atom is 0.255 e. The monoisotopic (exact) mass is 537 g/mol. The van der Waals surface area contributed by atoms with E-state index >= 15 is 0 Å². The molecule has 0 heterocycles. The fraction of sp³-hybridized carbons (Fsp3) is 0.483. The number of hydrogen-bond donors (Lipinski definition) is 5. The van der Waals surface area contributed by atoms with Crippen molar-refractivity contribution in [2.45, 2.75) is 50.7 Å². The Kier molecular flexibility index (Phi) is 7.27. The van der Waals surface area contributed by atoms with Crippen molar-refractivity contribution in [1.29, 1.82) is 0 Å². The summed E-state index contributed by atoms with van der Waals surface area (Å²) < 4.78 is 0. The largest absolute Gasteiger partial charge is 0.508 e. The summed E-state index contributed by atoms with van der Waals surface area (Å²) in [6.07, 6.45) is 2.75. The number of benzene rings is 1. The van der Waals surface area contributed by atoms with E-state index in [0.717, 1.165) is 12.8 Å². The first-order valence-corrected chi connectivity index (χ1v) is 13.0. The first-order chi connectivity index (χ1) is 18.3. The third-order valence-electron chi connectivity index (χ3n) is 8.06. The number of aliphatic hydroxyl groups excluding tert-OH is 2. The summed E-state index contributed by atoms with van der Waals surface area (Å²) >= 11 is 0. The smallest absolute Gasteiger partial charge is 0.255 e. The zero-order valence-corrected chi connectivity index (χ0v) is 22.8. The van der Waals surface area contributed by atoms with Gasteiger partial charge in [-0.15, -0.1) is 0 Å². The molecule has 4 rings (SSSR count). The van der Waals surface area contributed by atoms with Crippen molar-refractivity contribution in [3.05, 3.63) is 39.7 Å². The second-order valence-electron chi connectivity index (χ2n) is 10.9. The minimum Gasteiger partial charge on any atom is -0.508 e. The van der Waals surface area contributed by atoms with Gasteiger partial charge in [0.05, 0.1) is 17.2 Å². The number of carbonyl (C=O) groups is 3. The summed E-state index contributed by atoms with van der Waals surface area (Å²) in [5.74, 6) is -0.749. The van der Waals surface area contributed by atoms with Gasteiger partial charge in [0.1, 0.15) is 22.8 Å². The van der Waals surface area contributed by atoms with E-state index in [4.69, 9.17) is 5.73 Å². The minimum atomic E-state index is -2.66. The Labute approximate surface area is 227 Å². The lowest BCUT2D eigenvalue weighted by molar-refractivity contribution is -0.153. The van der Waals surface area contributed by atoms with Crippen LogP contribution in [0.15, 0.2) is 23.0 Å². The lowest BCUT2D eigenvalue weighted by Gasteiger charge is -2.50. The van der Waals surface area contributed by atoms with Gasteiger partial charge in [-0.05, 0) is 50.9 Å². The predicted molar refractivity (Wildman–Crippen MR) is 145 cm³/mol. The third kappa shape index (κ3) is 4.17. The lowest BCUT2D eigenvalue weighted by Crippen LogP contribution is -2.65. The highest BCUT2D eigenvalue weighted by Gasteiger charge is 2.64. The average molecular weight is 538 g/mol. The number of amides is 1. The van der Waals surface area contributed by atoms with Gasteiger partial charge in [-0.3, -0.25) is 19.3 Å². The number of phenols is 1. The summed E-state index contributed by atoms with van der Waals surface area (Å²) in [5.41, 5.74) is 3.31. The van der Waals surface area contributed by atoms with Crippen molar-refractivity contribution >= 4 is 28.9 Å². The molecule has 0 spiro atoms. The highest BCUT2D eigenvalue weighted by Crippen LogP contribution is 2.54. The first-order valence-electron chi connectivity index (χ1n) is 13.0. The van der Waals surface area contributed by atoms with Crippen molar-refractivity contribution in [2.75, 3.05) is 33.1 Å². The number of phenolic OH excluding ortho intramolecular Hbond substituents is 1. The molecular formula is C29H35N3O7. The Morgan fingerprint density at radius 3 is 2.41 bits per heavy atom. The van der Waals surface area contributed by atoms with Crippen molar-refractivity contribution in [3.63, 3.8) is 0 Å². The zero-order chi connectivity index (χ0) is 29.0. The molecule has 3 aliphatic carbocycles. The molecule has 0 radical (unpaired) electrons. The summed E-state index contributed by atoms with van der Waals surface area (Å²) in [6, 6.07) is 0.622. The topological polar surface area (TPSA) is 165 Å². The van der Waals surface area contributed by atoms with Crippen molar-refractivity contribution in [3.8, 4) is 17.6 Å². The SMILES string of the molecule is CCCCC#Cc1cc(N(C)C)c2c(c1O)C(O)=C1C(=O)[C@]3(O)C(O)=C(C(N)=O)C(=O)[C@@H](N(C)C)[C@@H]3C[C@H]1C2. The molecule has 0 aliphatic heterocycles. The van der Waals surface area contributed by atoms with Gasteiger partial charge in [0.15, 0.2) is 11.4 Å². The van der Waals surface area contributed by atoms with E-state index in [9.17, 15) is 34.8 Å². The van der Waals surface area contributed by atoms with Gasteiger partial charge in [-0.25, -0.2) is 0 Å². The normalized spacial score (nSPS) is 26.1. The van der Waals surface area contributed by atoms with Gasteiger partial charge in [-0.2, -0.15) is 0 Å². The molecule has 10 nitrogen and oxygen atoms in total. The molecule has 4 atom stereocenters. The van der Waals surface area contributed by atoms with Crippen molar-refractivity contribution in [2.24, 2.45) is 17.6 Å². The molecule has 39 heavy (non-hydrogen) atoms. The molecule has 6 N–H and O–H groups in total. The minimum absolute atomic E-state index is 0.0391. The average Bonchev–Trinajstić information content (AvgIpc) is 2.84. The highest BCUT2D eigenvalue weighted by atomic mass is 16.3. The van der Waals surface area contributed by atoms with Crippen LogP contribution >= 0.6 is 0 Å². The maximum atomic E-state index is 14.0. The molecular weight excluding hydrogens is 502 g/mol.